The maximum atomic E-state index is 5.92. The maximum Gasteiger partial charge on any atom is 0.137 e. The lowest BCUT2D eigenvalue weighted by Crippen LogP contribution is -3.10. The predicted octanol–water partition coefficient (Wildman–Crippen LogP) is 2.18. The van der Waals surface area contributed by atoms with Crippen LogP contribution in [0.4, 0.5) is 0 Å². The molecule has 0 amide bonds. The molecule has 0 unspecified atom stereocenters. The molecule has 0 aromatic heterocycles. The highest BCUT2D eigenvalue weighted by molar-refractivity contribution is 5.35. The zero-order valence-electron chi connectivity index (χ0n) is 12.0. The van der Waals surface area contributed by atoms with E-state index in [4.69, 9.17) is 4.74 Å². The third kappa shape index (κ3) is 3.74. The summed E-state index contributed by atoms with van der Waals surface area (Å²) in [5.41, 5.74) is 2.67. The third-order valence-electron chi connectivity index (χ3n) is 3.77. The highest BCUT2D eigenvalue weighted by Gasteiger charge is 2.14. The molecule has 0 bridgehead atoms. The van der Waals surface area contributed by atoms with Gasteiger partial charge in [0, 0.05) is 12.8 Å². The average molecular weight is 248 g/mol. The minimum atomic E-state index is 0.566. The van der Waals surface area contributed by atoms with Gasteiger partial charge in [0.05, 0.1) is 13.1 Å². The molecule has 1 N–H and O–H groups in total. The molecule has 0 spiro atoms. The molecule has 1 aliphatic rings. The molecule has 0 atom stereocenters. The molecule has 18 heavy (non-hydrogen) atoms. The van der Waals surface area contributed by atoms with Crippen LogP contribution in [0.3, 0.4) is 0 Å². The quantitative estimate of drug-likeness (QED) is 0.843. The van der Waals surface area contributed by atoms with Crippen molar-refractivity contribution in [3.05, 3.63) is 29.3 Å². The van der Waals surface area contributed by atoms with Crippen molar-refractivity contribution >= 4 is 0 Å². The summed E-state index contributed by atoms with van der Waals surface area (Å²) in [4.78, 5) is 1.70. The van der Waals surface area contributed by atoms with Crippen molar-refractivity contribution in [3.63, 3.8) is 0 Å². The number of hydrogen-bond acceptors (Lipinski definition) is 1. The van der Waals surface area contributed by atoms with Crippen LogP contribution in [-0.2, 0) is 0 Å². The number of aryl methyl sites for hydroxylation is 1. The molecule has 2 rings (SSSR count). The lowest BCUT2D eigenvalue weighted by atomic mass is 10.0. The number of quaternary nitrogens is 1. The topological polar surface area (TPSA) is 13.7 Å². The second kappa shape index (κ2) is 6.24. The van der Waals surface area contributed by atoms with E-state index in [2.05, 4.69) is 39.0 Å². The number of rotatable bonds is 5. The Morgan fingerprint density at radius 1 is 1.17 bits per heavy atom. The number of benzene rings is 1. The molecule has 1 heterocycles. The van der Waals surface area contributed by atoms with Crippen LogP contribution < -0.4 is 9.64 Å². The second-order valence-corrected chi connectivity index (χ2v) is 5.79. The first-order chi connectivity index (χ1) is 8.65. The van der Waals surface area contributed by atoms with Gasteiger partial charge in [0.1, 0.15) is 18.9 Å². The fourth-order valence-corrected chi connectivity index (χ4v) is 2.63. The molecule has 1 saturated heterocycles. The van der Waals surface area contributed by atoms with E-state index in [1.54, 1.807) is 4.90 Å². The Morgan fingerprint density at radius 3 is 2.56 bits per heavy atom. The largest absolute Gasteiger partial charge is 0.488 e. The van der Waals surface area contributed by atoms with Gasteiger partial charge in [-0.15, -0.1) is 0 Å². The standard InChI is InChI=1S/C16H25NO/c1-13(2)15-10-14(3)11-16(12-15)18-9-8-17-6-4-5-7-17/h10-13H,4-9H2,1-3H3/p+1. The van der Waals surface area contributed by atoms with Gasteiger partial charge in [0.15, 0.2) is 0 Å². The summed E-state index contributed by atoms with van der Waals surface area (Å²) in [6, 6.07) is 6.59. The van der Waals surface area contributed by atoms with E-state index in [-0.39, 0.29) is 0 Å². The summed E-state index contributed by atoms with van der Waals surface area (Å²) < 4.78 is 5.92. The molecule has 2 heteroatoms. The smallest absolute Gasteiger partial charge is 0.137 e. The minimum absolute atomic E-state index is 0.566. The predicted molar refractivity (Wildman–Crippen MR) is 75.6 cm³/mol. The van der Waals surface area contributed by atoms with Crippen molar-refractivity contribution in [1.29, 1.82) is 0 Å². The van der Waals surface area contributed by atoms with E-state index < -0.39 is 0 Å². The lowest BCUT2D eigenvalue weighted by molar-refractivity contribution is -0.887. The number of likely N-dealkylation sites (tertiary alicyclic amines) is 1. The van der Waals surface area contributed by atoms with Gasteiger partial charge in [0.25, 0.3) is 0 Å². The van der Waals surface area contributed by atoms with Crippen LogP contribution in [0.25, 0.3) is 0 Å². The van der Waals surface area contributed by atoms with Gasteiger partial charge in [-0.25, -0.2) is 0 Å². The van der Waals surface area contributed by atoms with Crippen molar-refractivity contribution in [1.82, 2.24) is 0 Å². The fourth-order valence-electron chi connectivity index (χ4n) is 2.63. The van der Waals surface area contributed by atoms with Crippen LogP contribution >= 0.6 is 0 Å². The first-order valence-corrected chi connectivity index (χ1v) is 7.23. The monoisotopic (exact) mass is 248 g/mol. The highest BCUT2D eigenvalue weighted by atomic mass is 16.5. The van der Waals surface area contributed by atoms with Gasteiger partial charge in [-0.3, -0.25) is 0 Å². The van der Waals surface area contributed by atoms with Crippen LogP contribution in [0.2, 0.25) is 0 Å². The third-order valence-corrected chi connectivity index (χ3v) is 3.77. The number of nitrogens with one attached hydrogen (secondary N) is 1. The van der Waals surface area contributed by atoms with Crippen molar-refractivity contribution in [2.24, 2.45) is 0 Å². The van der Waals surface area contributed by atoms with Gasteiger partial charge < -0.3 is 9.64 Å². The number of hydrogen-bond donors (Lipinski definition) is 1. The first kappa shape index (κ1) is 13.4. The fraction of sp³-hybridized carbons (Fsp3) is 0.625. The summed E-state index contributed by atoms with van der Waals surface area (Å²) in [5.74, 6) is 1.61. The Bertz CT molecular complexity index is 381. The molecule has 0 aliphatic carbocycles. The van der Waals surface area contributed by atoms with Crippen molar-refractivity contribution in [3.8, 4) is 5.75 Å². The van der Waals surface area contributed by atoms with Crippen LogP contribution in [0.1, 0.15) is 43.7 Å². The highest BCUT2D eigenvalue weighted by Crippen LogP contribution is 2.22. The summed E-state index contributed by atoms with van der Waals surface area (Å²) in [6.07, 6.45) is 2.77. The summed E-state index contributed by atoms with van der Waals surface area (Å²) in [7, 11) is 0. The molecule has 0 radical (unpaired) electrons. The lowest BCUT2D eigenvalue weighted by Gasteiger charge is -2.14. The van der Waals surface area contributed by atoms with Crippen molar-refractivity contribution in [2.75, 3.05) is 26.2 Å². The molecule has 2 nitrogen and oxygen atoms in total. The summed E-state index contributed by atoms with van der Waals surface area (Å²) in [5, 5.41) is 0. The molecule has 1 aromatic carbocycles. The van der Waals surface area contributed by atoms with E-state index >= 15 is 0 Å². The van der Waals surface area contributed by atoms with E-state index in [1.165, 1.54) is 37.1 Å². The Hall–Kier alpha value is -1.02. The van der Waals surface area contributed by atoms with Gasteiger partial charge >= 0.3 is 0 Å². The summed E-state index contributed by atoms with van der Waals surface area (Å²) in [6.45, 7) is 11.2. The first-order valence-electron chi connectivity index (χ1n) is 7.23. The van der Waals surface area contributed by atoms with Crippen LogP contribution in [-0.4, -0.2) is 26.2 Å². The SMILES string of the molecule is Cc1cc(OCC[NH+]2CCCC2)cc(C(C)C)c1. The van der Waals surface area contributed by atoms with E-state index in [9.17, 15) is 0 Å². The minimum Gasteiger partial charge on any atom is -0.488 e. The normalized spacial score (nSPS) is 16.4. The molecule has 1 fully saturated rings. The average Bonchev–Trinajstić information content (AvgIpc) is 2.81. The van der Waals surface area contributed by atoms with Crippen LogP contribution in [0, 0.1) is 6.92 Å². The van der Waals surface area contributed by atoms with Gasteiger partial charge in [0.2, 0.25) is 0 Å². The Balaban J connectivity index is 1.88. The van der Waals surface area contributed by atoms with Crippen LogP contribution in [0.15, 0.2) is 18.2 Å². The zero-order chi connectivity index (χ0) is 13.0. The molecule has 1 aromatic rings. The zero-order valence-corrected chi connectivity index (χ0v) is 12.0. The van der Waals surface area contributed by atoms with Crippen molar-refractivity contribution in [2.45, 2.75) is 39.5 Å². The van der Waals surface area contributed by atoms with Crippen LogP contribution in [0.5, 0.6) is 5.75 Å². The van der Waals surface area contributed by atoms with E-state index in [1.807, 2.05) is 0 Å². The molecule has 1 aliphatic heterocycles. The van der Waals surface area contributed by atoms with Crippen molar-refractivity contribution < 1.29 is 9.64 Å². The van der Waals surface area contributed by atoms with Gasteiger partial charge in [-0.05, 0) is 36.1 Å². The summed E-state index contributed by atoms with van der Waals surface area (Å²) >= 11 is 0. The molecule has 100 valence electrons. The number of ether oxygens (including phenoxy) is 1. The van der Waals surface area contributed by atoms with E-state index in [0.29, 0.717) is 5.92 Å². The molecular formula is C16H26NO+. The Morgan fingerprint density at radius 2 is 1.89 bits per heavy atom. The Labute approximate surface area is 111 Å². The Kier molecular flexibility index (Phi) is 4.65. The molecule has 0 saturated carbocycles. The van der Waals surface area contributed by atoms with Gasteiger partial charge in [-0.1, -0.05) is 19.9 Å². The second-order valence-electron chi connectivity index (χ2n) is 5.79. The molecular weight excluding hydrogens is 222 g/mol. The van der Waals surface area contributed by atoms with E-state index in [0.717, 1.165) is 18.9 Å². The maximum absolute atomic E-state index is 5.92. The van der Waals surface area contributed by atoms with Gasteiger partial charge in [-0.2, -0.15) is 0 Å².